The van der Waals surface area contributed by atoms with Crippen LogP contribution in [0.5, 0.6) is 0 Å². The number of amides is 3. The van der Waals surface area contributed by atoms with Crippen LogP contribution in [0, 0.1) is 0 Å². The van der Waals surface area contributed by atoms with Gasteiger partial charge in [-0.1, -0.05) is 12.1 Å². The Labute approximate surface area is 192 Å². The standard InChI is InChI=1S/C23H29N5O5/c1-3-33-23(32)28(22(30)31)25-20-8-5-18(6-9-20)4-7-19-10-11-21(16-24-19)27-14-12-26(13-15-27)17(2)29/h5-6,8-11,16,25H,3-4,7,12-15H2,1-2H3,(H,30,31). The number of carboxylic acid groups (broad SMARTS) is 1. The number of pyridine rings is 1. The van der Waals surface area contributed by atoms with E-state index < -0.39 is 12.2 Å². The lowest BCUT2D eigenvalue weighted by Gasteiger charge is -2.35. The molecule has 10 nitrogen and oxygen atoms in total. The van der Waals surface area contributed by atoms with Gasteiger partial charge in [0, 0.05) is 38.8 Å². The molecule has 0 radical (unpaired) electrons. The number of carbonyl (C=O) groups excluding carboxylic acids is 2. The molecule has 3 amide bonds. The molecule has 1 aliphatic rings. The Kier molecular flexibility index (Phi) is 8.06. The minimum atomic E-state index is -1.45. The van der Waals surface area contributed by atoms with Crippen LogP contribution >= 0.6 is 0 Å². The van der Waals surface area contributed by atoms with Crippen LogP contribution in [-0.2, 0) is 22.4 Å². The Morgan fingerprint density at radius 3 is 2.30 bits per heavy atom. The molecule has 1 saturated heterocycles. The maximum atomic E-state index is 11.7. The summed E-state index contributed by atoms with van der Waals surface area (Å²) in [5.74, 6) is 0.116. The van der Waals surface area contributed by atoms with E-state index in [4.69, 9.17) is 9.84 Å². The number of hydrogen-bond acceptors (Lipinski definition) is 7. The van der Waals surface area contributed by atoms with E-state index in [0.717, 1.165) is 56.0 Å². The van der Waals surface area contributed by atoms with E-state index in [0.29, 0.717) is 10.7 Å². The Morgan fingerprint density at radius 2 is 1.76 bits per heavy atom. The largest absolute Gasteiger partial charge is 0.463 e. The topological polar surface area (TPSA) is 115 Å². The highest BCUT2D eigenvalue weighted by Crippen LogP contribution is 2.17. The van der Waals surface area contributed by atoms with E-state index in [1.807, 2.05) is 29.3 Å². The zero-order valence-corrected chi connectivity index (χ0v) is 18.9. The Hall–Kier alpha value is -3.82. The molecule has 0 atom stereocenters. The summed E-state index contributed by atoms with van der Waals surface area (Å²) >= 11 is 0. The second-order valence-electron chi connectivity index (χ2n) is 7.63. The second kappa shape index (κ2) is 11.2. The number of nitrogens with one attached hydrogen (secondary N) is 1. The smallest absolute Gasteiger partial charge is 0.438 e. The third-order valence-corrected chi connectivity index (χ3v) is 5.41. The average molecular weight is 456 g/mol. The van der Waals surface area contributed by atoms with Gasteiger partial charge in [0.25, 0.3) is 0 Å². The third kappa shape index (κ3) is 6.58. The van der Waals surface area contributed by atoms with Gasteiger partial charge in [-0.15, -0.1) is 5.01 Å². The first-order chi connectivity index (χ1) is 15.9. The number of nitrogens with zero attached hydrogens (tertiary/aromatic N) is 4. The number of anilines is 2. The summed E-state index contributed by atoms with van der Waals surface area (Å²) < 4.78 is 4.73. The molecule has 0 unspecified atom stereocenters. The van der Waals surface area contributed by atoms with Crippen LogP contribution < -0.4 is 10.3 Å². The van der Waals surface area contributed by atoms with Gasteiger partial charge >= 0.3 is 12.2 Å². The fraction of sp³-hybridized carbons (Fsp3) is 0.391. The summed E-state index contributed by atoms with van der Waals surface area (Å²) in [6.07, 6.45) is 0.971. The summed E-state index contributed by atoms with van der Waals surface area (Å²) in [6.45, 7) is 6.34. The highest BCUT2D eigenvalue weighted by Gasteiger charge is 2.22. The molecule has 0 bridgehead atoms. The lowest BCUT2D eigenvalue weighted by molar-refractivity contribution is -0.129. The van der Waals surface area contributed by atoms with Crippen molar-refractivity contribution < 1.29 is 24.2 Å². The van der Waals surface area contributed by atoms with Gasteiger partial charge in [0.1, 0.15) is 0 Å². The molecule has 0 spiro atoms. The Morgan fingerprint density at radius 1 is 1.06 bits per heavy atom. The van der Waals surface area contributed by atoms with E-state index in [2.05, 4.69) is 21.4 Å². The SMILES string of the molecule is CCOC(=O)N(Nc1ccc(CCc2ccc(N3CCN(C(C)=O)CC3)cn2)cc1)C(=O)O. The number of piperazine rings is 1. The summed E-state index contributed by atoms with van der Waals surface area (Å²) in [4.78, 5) is 43.1. The van der Waals surface area contributed by atoms with Crippen molar-refractivity contribution in [3.8, 4) is 0 Å². The minimum Gasteiger partial charge on any atom is -0.463 e. The number of rotatable bonds is 7. The van der Waals surface area contributed by atoms with Gasteiger partial charge in [-0.05, 0) is 49.6 Å². The van der Waals surface area contributed by atoms with Crippen molar-refractivity contribution in [3.05, 3.63) is 53.9 Å². The number of hydrogen-bond donors (Lipinski definition) is 2. The van der Waals surface area contributed by atoms with E-state index >= 15 is 0 Å². The normalized spacial score (nSPS) is 13.4. The molecule has 1 fully saturated rings. The lowest BCUT2D eigenvalue weighted by atomic mass is 10.1. The van der Waals surface area contributed by atoms with Gasteiger partial charge < -0.3 is 19.6 Å². The molecular formula is C23H29N5O5. The van der Waals surface area contributed by atoms with Crippen molar-refractivity contribution in [1.82, 2.24) is 14.9 Å². The first kappa shape index (κ1) is 23.8. The highest BCUT2D eigenvalue weighted by atomic mass is 16.6. The van der Waals surface area contributed by atoms with Crippen LogP contribution in [0.4, 0.5) is 21.0 Å². The number of imide groups is 1. The van der Waals surface area contributed by atoms with Gasteiger partial charge in [0.2, 0.25) is 5.91 Å². The first-order valence-electron chi connectivity index (χ1n) is 10.9. The third-order valence-electron chi connectivity index (χ3n) is 5.41. The van der Waals surface area contributed by atoms with Crippen molar-refractivity contribution in [2.45, 2.75) is 26.7 Å². The number of ether oxygens (including phenoxy) is 1. The molecule has 0 aliphatic carbocycles. The quantitative estimate of drug-likeness (QED) is 0.612. The van der Waals surface area contributed by atoms with Gasteiger partial charge in [-0.2, -0.15) is 0 Å². The van der Waals surface area contributed by atoms with Crippen LogP contribution in [0.15, 0.2) is 42.6 Å². The molecule has 0 saturated carbocycles. The fourth-order valence-electron chi connectivity index (χ4n) is 3.54. The molecule has 2 aromatic rings. The number of aryl methyl sites for hydroxylation is 2. The summed E-state index contributed by atoms with van der Waals surface area (Å²) in [5.41, 5.74) is 6.08. The maximum Gasteiger partial charge on any atom is 0.438 e. The number of benzene rings is 1. The summed E-state index contributed by atoms with van der Waals surface area (Å²) in [6, 6.07) is 11.2. The molecule has 1 aromatic carbocycles. The van der Waals surface area contributed by atoms with E-state index in [1.54, 1.807) is 26.0 Å². The molecule has 2 heterocycles. The molecular weight excluding hydrogens is 426 g/mol. The maximum absolute atomic E-state index is 11.7. The summed E-state index contributed by atoms with van der Waals surface area (Å²) in [7, 11) is 0. The van der Waals surface area contributed by atoms with Crippen molar-refractivity contribution in [3.63, 3.8) is 0 Å². The van der Waals surface area contributed by atoms with Crippen LogP contribution in [0.3, 0.4) is 0 Å². The van der Waals surface area contributed by atoms with E-state index in [-0.39, 0.29) is 12.5 Å². The van der Waals surface area contributed by atoms with E-state index in [1.165, 1.54) is 0 Å². The minimum absolute atomic E-state index is 0.0781. The number of hydrazine groups is 1. The highest BCUT2D eigenvalue weighted by molar-refractivity contribution is 5.88. The van der Waals surface area contributed by atoms with Crippen LogP contribution in [0.25, 0.3) is 0 Å². The van der Waals surface area contributed by atoms with E-state index in [9.17, 15) is 14.4 Å². The number of carbonyl (C=O) groups is 3. The Bertz CT molecular complexity index is 956. The van der Waals surface area contributed by atoms with Gasteiger partial charge in [0.15, 0.2) is 0 Å². The molecule has 3 rings (SSSR count). The fourth-order valence-corrected chi connectivity index (χ4v) is 3.54. The predicted molar refractivity (Wildman–Crippen MR) is 123 cm³/mol. The second-order valence-corrected chi connectivity index (χ2v) is 7.63. The Balaban J connectivity index is 1.50. The van der Waals surface area contributed by atoms with Gasteiger partial charge in [0.05, 0.1) is 24.2 Å². The molecule has 10 heteroatoms. The van der Waals surface area contributed by atoms with Gasteiger partial charge in [-0.25, -0.2) is 9.59 Å². The van der Waals surface area contributed by atoms with Gasteiger partial charge in [-0.3, -0.25) is 15.2 Å². The van der Waals surface area contributed by atoms with Crippen LogP contribution in [0.2, 0.25) is 0 Å². The van der Waals surface area contributed by atoms with Crippen molar-refractivity contribution in [2.24, 2.45) is 0 Å². The first-order valence-corrected chi connectivity index (χ1v) is 10.9. The summed E-state index contributed by atoms with van der Waals surface area (Å²) in [5, 5.41) is 9.58. The van der Waals surface area contributed by atoms with Crippen LogP contribution in [-0.4, -0.2) is 70.9 Å². The van der Waals surface area contributed by atoms with Crippen molar-refractivity contribution in [2.75, 3.05) is 43.1 Å². The monoisotopic (exact) mass is 455 g/mol. The molecule has 176 valence electrons. The van der Waals surface area contributed by atoms with Crippen LogP contribution in [0.1, 0.15) is 25.1 Å². The van der Waals surface area contributed by atoms with Crippen molar-refractivity contribution >= 4 is 29.5 Å². The zero-order chi connectivity index (χ0) is 23.8. The molecule has 33 heavy (non-hydrogen) atoms. The lowest BCUT2D eigenvalue weighted by Crippen LogP contribution is -2.48. The molecule has 2 N–H and O–H groups in total. The molecule has 1 aromatic heterocycles. The number of aromatic nitrogens is 1. The van der Waals surface area contributed by atoms with Crippen molar-refractivity contribution in [1.29, 1.82) is 0 Å². The zero-order valence-electron chi connectivity index (χ0n) is 18.9. The molecule has 1 aliphatic heterocycles. The predicted octanol–water partition coefficient (Wildman–Crippen LogP) is 3.00. The average Bonchev–Trinajstić information content (AvgIpc) is 2.82.